The molecule has 0 bridgehead atoms. The van der Waals surface area contributed by atoms with Crippen LogP contribution >= 0.6 is 11.3 Å². The summed E-state index contributed by atoms with van der Waals surface area (Å²) in [5.41, 5.74) is 1.33. The highest BCUT2D eigenvalue weighted by molar-refractivity contribution is 7.16. The predicted octanol–water partition coefficient (Wildman–Crippen LogP) is 0.831. The monoisotopic (exact) mass is 381 g/mol. The summed E-state index contributed by atoms with van der Waals surface area (Å²) in [6.45, 7) is 3.51. The van der Waals surface area contributed by atoms with Gasteiger partial charge in [-0.25, -0.2) is 9.98 Å². The minimum Gasteiger partial charge on any atom is -0.465 e. The molecule has 1 atom stereocenters. The number of carbonyl (C=O) groups excluding carboxylic acids is 2. The number of hydrogen-bond donors (Lipinski definition) is 1. The van der Waals surface area contributed by atoms with Gasteiger partial charge in [0.05, 0.1) is 12.1 Å². The zero-order valence-corrected chi connectivity index (χ0v) is 15.4. The molecule has 0 aliphatic carbocycles. The molecule has 4 rings (SSSR count). The Kier molecular flexibility index (Phi) is 4.19. The van der Waals surface area contributed by atoms with Crippen molar-refractivity contribution in [3.8, 4) is 0 Å². The number of rotatable bonds is 3. The van der Waals surface area contributed by atoms with Crippen molar-refractivity contribution in [3.05, 3.63) is 62.0 Å². The number of thiophene rings is 1. The van der Waals surface area contributed by atoms with Gasteiger partial charge in [0.15, 0.2) is 5.92 Å². The molecule has 8 heteroatoms. The number of fused-ring (bicyclic) bond motifs is 3. The Balaban J connectivity index is 2.20. The maximum atomic E-state index is 12.7. The molecule has 1 aliphatic rings. The molecule has 3 aromatic rings. The second-order valence-corrected chi connectivity index (χ2v) is 7.03. The van der Waals surface area contributed by atoms with Crippen molar-refractivity contribution in [2.24, 2.45) is 10.9 Å². The molecule has 0 saturated heterocycles. The van der Waals surface area contributed by atoms with E-state index in [1.807, 2.05) is 30.3 Å². The molecule has 7 nitrogen and oxygen atoms in total. The Morgan fingerprint density at radius 1 is 1.26 bits per heavy atom. The molecular formula is C19H15N3O4S. The number of ether oxygens (including phenoxy) is 1. The molecule has 27 heavy (non-hydrogen) atoms. The van der Waals surface area contributed by atoms with Gasteiger partial charge in [0, 0.05) is 5.22 Å². The van der Waals surface area contributed by atoms with E-state index in [-0.39, 0.29) is 12.2 Å². The van der Waals surface area contributed by atoms with Gasteiger partial charge in [-0.2, -0.15) is 0 Å². The first-order chi connectivity index (χ1) is 13.0. The standard InChI is InChI=1S/C19H15N3O4S/c1-3-26-19(25)13-11(10-7-5-4-6-8-10)12-14-15(17(24)21-9(2)20-14)27-18(12)22-16(13)23/h4-8,13H,3H2,1-2H3,(H,20,21,24). The second kappa shape index (κ2) is 6.55. The van der Waals surface area contributed by atoms with E-state index in [0.717, 1.165) is 11.3 Å². The summed E-state index contributed by atoms with van der Waals surface area (Å²) in [5.74, 6) is -1.99. The van der Waals surface area contributed by atoms with Crippen molar-refractivity contribution >= 4 is 39.0 Å². The zero-order chi connectivity index (χ0) is 19.1. The number of esters is 1. The lowest BCUT2D eigenvalue weighted by Crippen LogP contribution is -2.39. The van der Waals surface area contributed by atoms with Gasteiger partial charge in [0.25, 0.3) is 11.5 Å². The molecule has 0 fully saturated rings. The van der Waals surface area contributed by atoms with Crippen molar-refractivity contribution in [2.45, 2.75) is 13.8 Å². The molecule has 1 aliphatic heterocycles. The van der Waals surface area contributed by atoms with Crippen LogP contribution in [0.2, 0.25) is 0 Å². The maximum Gasteiger partial charge on any atom is 0.323 e. The minimum atomic E-state index is -1.18. The second-order valence-electron chi connectivity index (χ2n) is 6.03. The number of nitrogens with one attached hydrogen (secondary N) is 1. The molecule has 0 saturated carbocycles. The zero-order valence-electron chi connectivity index (χ0n) is 14.6. The number of amides is 1. The normalized spacial score (nSPS) is 16.1. The smallest absolute Gasteiger partial charge is 0.323 e. The summed E-state index contributed by atoms with van der Waals surface area (Å²) in [4.78, 5) is 48.8. The number of H-pyrrole nitrogens is 1. The first-order valence-electron chi connectivity index (χ1n) is 8.39. The summed E-state index contributed by atoms with van der Waals surface area (Å²) in [7, 11) is 0. The van der Waals surface area contributed by atoms with Crippen LogP contribution in [-0.4, -0.2) is 28.5 Å². The highest BCUT2D eigenvalue weighted by Gasteiger charge is 2.36. The van der Waals surface area contributed by atoms with E-state index in [0.29, 0.717) is 37.1 Å². The van der Waals surface area contributed by atoms with Gasteiger partial charge in [-0.1, -0.05) is 30.3 Å². The van der Waals surface area contributed by atoms with E-state index in [4.69, 9.17) is 4.74 Å². The lowest BCUT2D eigenvalue weighted by Gasteiger charge is -2.18. The first-order valence-corrected chi connectivity index (χ1v) is 9.21. The highest BCUT2D eigenvalue weighted by atomic mass is 32.1. The summed E-state index contributed by atoms with van der Waals surface area (Å²) in [5, 5.41) is 0.549. The summed E-state index contributed by atoms with van der Waals surface area (Å²) in [6, 6.07) is 9.11. The van der Waals surface area contributed by atoms with Crippen molar-refractivity contribution in [3.63, 3.8) is 0 Å². The van der Waals surface area contributed by atoms with Gasteiger partial charge in [0.2, 0.25) is 0 Å². The largest absolute Gasteiger partial charge is 0.465 e. The number of nitrogens with zero attached hydrogens (tertiary/aromatic N) is 2. The van der Waals surface area contributed by atoms with Gasteiger partial charge >= 0.3 is 5.97 Å². The molecule has 1 N–H and O–H groups in total. The Bertz CT molecular complexity index is 1260. The number of hydrogen-bond acceptors (Lipinski definition) is 6. The molecule has 3 heterocycles. The van der Waals surface area contributed by atoms with Crippen LogP contribution in [0.5, 0.6) is 0 Å². The third-order valence-corrected chi connectivity index (χ3v) is 5.34. The van der Waals surface area contributed by atoms with Gasteiger partial charge in [-0.15, -0.1) is 11.3 Å². The van der Waals surface area contributed by atoms with Crippen LogP contribution in [-0.2, 0) is 14.3 Å². The number of aromatic amines is 1. The number of benzene rings is 1. The van der Waals surface area contributed by atoms with E-state index in [2.05, 4.69) is 15.0 Å². The lowest BCUT2D eigenvalue weighted by atomic mass is 9.89. The lowest BCUT2D eigenvalue weighted by molar-refractivity contribution is -0.148. The predicted molar refractivity (Wildman–Crippen MR) is 99.8 cm³/mol. The number of aromatic nitrogens is 2. The first kappa shape index (κ1) is 17.3. The van der Waals surface area contributed by atoms with Crippen molar-refractivity contribution < 1.29 is 14.3 Å². The quantitative estimate of drug-likeness (QED) is 0.535. The molecule has 136 valence electrons. The van der Waals surface area contributed by atoms with Crippen LogP contribution in [0.4, 0.5) is 0 Å². The molecule has 1 amide bonds. The van der Waals surface area contributed by atoms with Gasteiger partial charge in [-0.05, 0) is 25.0 Å². The fourth-order valence-electron chi connectivity index (χ4n) is 3.22. The van der Waals surface area contributed by atoms with Crippen molar-refractivity contribution in [1.82, 2.24) is 9.97 Å². The molecule has 0 radical (unpaired) electrons. The van der Waals surface area contributed by atoms with Crippen LogP contribution in [0.3, 0.4) is 0 Å². The third-order valence-electron chi connectivity index (χ3n) is 4.27. The summed E-state index contributed by atoms with van der Waals surface area (Å²) in [6.07, 6.45) is 0. The van der Waals surface area contributed by atoms with Crippen LogP contribution in [0.25, 0.3) is 15.8 Å². The van der Waals surface area contributed by atoms with Gasteiger partial charge in [0.1, 0.15) is 15.2 Å². The van der Waals surface area contributed by atoms with E-state index >= 15 is 0 Å². The van der Waals surface area contributed by atoms with Crippen LogP contribution in [0.1, 0.15) is 18.3 Å². The highest BCUT2D eigenvalue weighted by Crippen LogP contribution is 2.26. The average Bonchev–Trinajstić information content (AvgIpc) is 2.99. The van der Waals surface area contributed by atoms with E-state index in [1.54, 1.807) is 13.8 Å². The molecular weight excluding hydrogens is 366 g/mol. The van der Waals surface area contributed by atoms with Gasteiger partial charge < -0.3 is 9.72 Å². The minimum absolute atomic E-state index is 0.152. The molecule has 1 aromatic carbocycles. The SMILES string of the molecule is CCOC(=O)C1C(=O)N=c2sc3c(=O)[nH]c(C)nc3c2=C1c1ccccc1. The fourth-order valence-corrected chi connectivity index (χ4v) is 4.24. The number of aryl methyl sites for hydroxylation is 1. The van der Waals surface area contributed by atoms with Crippen LogP contribution in [0.15, 0.2) is 40.1 Å². The number of carbonyl (C=O) groups is 2. The average molecular weight is 381 g/mol. The van der Waals surface area contributed by atoms with E-state index in [1.165, 1.54) is 0 Å². The Morgan fingerprint density at radius 2 is 2.00 bits per heavy atom. The molecule has 2 aromatic heterocycles. The van der Waals surface area contributed by atoms with Crippen molar-refractivity contribution in [2.75, 3.05) is 6.61 Å². The van der Waals surface area contributed by atoms with Crippen molar-refractivity contribution in [1.29, 1.82) is 0 Å². The van der Waals surface area contributed by atoms with E-state index in [9.17, 15) is 14.4 Å². The Labute approximate surface area is 157 Å². The van der Waals surface area contributed by atoms with Crippen LogP contribution in [0, 0.1) is 12.8 Å². The van der Waals surface area contributed by atoms with Crippen LogP contribution < -0.4 is 15.4 Å². The van der Waals surface area contributed by atoms with Gasteiger partial charge in [-0.3, -0.25) is 14.4 Å². The molecule has 0 spiro atoms. The summed E-state index contributed by atoms with van der Waals surface area (Å²) < 4.78 is 5.89. The third kappa shape index (κ3) is 2.78. The topological polar surface area (TPSA) is 101 Å². The maximum absolute atomic E-state index is 12.7. The fraction of sp³-hybridized carbons (Fsp3) is 0.211. The van der Waals surface area contributed by atoms with E-state index < -0.39 is 17.8 Å². The Morgan fingerprint density at radius 3 is 2.70 bits per heavy atom. The molecule has 1 unspecified atom stereocenters. The Hall–Kier alpha value is -3.13. The summed E-state index contributed by atoms with van der Waals surface area (Å²) >= 11 is 1.10.